The molecule has 1 aliphatic rings. The first-order valence-corrected chi connectivity index (χ1v) is 8.07. The zero-order valence-electron chi connectivity index (χ0n) is 11.4. The number of nitrogens with one attached hydrogen (secondary N) is 1. The number of hydrogen-bond donors (Lipinski definition) is 1. The van der Waals surface area contributed by atoms with E-state index in [1.165, 1.54) is 36.1 Å². The summed E-state index contributed by atoms with van der Waals surface area (Å²) in [6.45, 7) is 3.16. The molecule has 4 heteroatoms. The molecule has 1 aliphatic carbocycles. The van der Waals surface area contributed by atoms with Gasteiger partial charge in [-0.25, -0.2) is 4.98 Å². The third kappa shape index (κ3) is 2.84. The Morgan fingerprint density at radius 3 is 3.05 bits per heavy atom. The van der Waals surface area contributed by atoms with Gasteiger partial charge in [-0.05, 0) is 36.3 Å². The Hall–Kier alpha value is -1.29. The zero-order valence-corrected chi connectivity index (χ0v) is 12.2. The highest BCUT2D eigenvalue weighted by molar-refractivity contribution is 7.10. The van der Waals surface area contributed by atoms with Gasteiger partial charge in [0.05, 0.1) is 6.54 Å². The van der Waals surface area contributed by atoms with Crippen LogP contribution < -0.4 is 5.32 Å². The summed E-state index contributed by atoms with van der Waals surface area (Å²) in [6, 6.07) is 2.86. The summed E-state index contributed by atoms with van der Waals surface area (Å²) in [6.07, 6.45) is 10.4. The van der Waals surface area contributed by atoms with Gasteiger partial charge in [-0.1, -0.05) is 19.8 Å². The van der Waals surface area contributed by atoms with Crippen LogP contribution in [0.2, 0.25) is 0 Å². The summed E-state index contributed by atoms with van der Waals surface area (Å²) < 4.78 is 2.24. The van der Waals surface area contributed by atoms with Gasteiger partial charge in [-0.15, -0.1) is 11.3 Å². The summed E-state index contributed by atoms with van der Waals surface area (Å²) >= 11 is 1.85. The molecule has 102 valence electrons. The summed E-state index contributed by atoms with van der Waals surface area (Å²) in [4.78, 5) is 5.93. The third-order valence-electron chi connectivity index (χ3n) is 3.94. The number of thiophene rings is 1. The third-order valence-corrected chi connectivity index (χ3v) is 4.88. The van der Waals surface area contributed by atoms with Gasteiger partial charge in [0.15, 0.2) is 0 Å². The normalized spacial score (nSPS) is 16.1. The van der Waals surface area contributed by atoms with Crippen molar-refractivity contribution in [1.82, 2.24) is 9.55 Å². The van der Waals surface area contributed by atoms with Gasteiger partial charge in [0, 0.05) is 23.3 Å². The van der Waals surface area contributed by atoms with Crippen LogP contribution in [0.4, 0.5) is 5.95 Å². The predicted molar refractivity (Wildman–Crippen MR) is 80.9 cm³/mol. The number of hydrogen-bond acceptors (Lipinski definition) is 3. The fourth-order valence-electron chi connectivity index (χ4n) is 2.81. The van der Waals surface area contributed by atoms with E-state index in [1.807, 2.05) is 17.5 Å². The van der Waals surface area contributed by atoms with Crippen molar-refractivity contribution in [3.05, 3.63) is 34.3 Å². The minimum Gasteiger partial charge on any atom is -0.353 e. The molecular weight excluding hydrogens is 254 g/mol. The van der Waals surface area contributed by atoms with E-state index in [2.05, 4.69) is 39.4 Å². The molecule has 0 aliphatic heterocycles. The fourth-order valence-corrected chi connectivity index (χ4v) is 3.78. The molecule has 3 nitrogen and oxygen atoms in total. The zero-order chi connectivity index (χ0) is 13.1. The summed E-state index contributed by atoms with van der Waals surface area (Å²) in [7, 11) is 0. The van der Waals surface area contributed by atoms with E-state index in [1.54, 1.807) is 0 Å². The van der Waals surface area contributed by atoms with Gasteiger partial charge >= 0.3 is 0 Å². The highest BCUT2D eigenvalue weighted by Crippen LogP contribution is 2.23. The van der Waals surface area contributed by atoms with E-state index in [-0.39, 0.29) is 0 Å². The molecule has 0 spiro atoms. The first-order valence-electron chi connectivity index (χ1n) is 7.19. The van der Waals surface area contributed by atoms with E-state index in [0.29, 0.717) is 6.04 Å². The number of nitrogens with zero attached hydrogens (tertiary/aromatic N) is 2. The molecule has 0 bridgehead atoms. The topological polar surface area (TPSA) is 29.9 Å². The van der Waals surface area contributed by atoms with Crippen molar-refractivity contribution >= 4 is 17.3 Å². The van der Waals surface area contributed by atoms with Gasteiger partial charge in [0.25, 0.3) is 0 Å². The Kier molecular flexibility index (Phi) is 3.87. The summed E-state index contributed by atoms with van der Waals surface area (Å²) in [5.41, 5.74) is 1.46. The van der Waals surface area contributed by atoms with Crippen LogP contribution in [0.15, 0.2) is 23.8 Å². The second-order valence-electron chi connectivity index (χ2n) is 5.23. The lowest BCUT2D eigenvalue weighted by Gasteiger charge is -2.14. The molecular formula is C15H21N3S. The van der Waals surface area contributed by atoms with Crippen LogP contribution in [0.3, 0.4) is 0 Å². The average molecular weight is 275 g/mol. The summed E-state index contributed by atoms with van der Waals surface area (Å²) in [5.74, 6) is 1.03. The Morgan fingerprint density at radius 1 is 1.42 bits per heavy atom. The van der Waals surface area contributed by atoms with Crippen molar-refractivity contribution in [2.45, 2.75) is 51.6 Å². The minimum absolute atomic E-state index is 0.620. The lowest BCUT2D eigenvalue weighted by atomic mass is 10.2. The highest BCUT2D eigenvalue weighted by Gasteiger charge is 2.16. The van der Waals surface area contributed by atoms with E-state index in [9.17, 15) is 0 Å². The molecule has 1 N–H and O–H groups in total. The number of anilines is 1. The molecule has 1 fully saturated rings. The van der Waals surface area contributed by atoms with Crippen LogP contribution in [0.25, 0.3) is 0 Å². The lowest BCUT2D eigenvalue weighted by Crippen LogP contribution is -2.18. The number of aromatic nitrogens is 2. The van der Waals surface area contributed by atoms with Gasteiger partial charge < -0.3 is 9.88 Å². The lowest BCUT2D eigenvalue weighted by molar-refractivity contribution is 0.717. The molecule has 0 aromatic carbocycles. The molecule has 2 aromatic rings. The van der Waals surface area contributed by atoms with Crippen molar-refractivity contribution in [3.63, 3.8) is 0 Å². The average Bonchev–Trinajstić information content (AvgIpc) is 3.14. The maximum atomic E-state index is 4.47. The standard InChI is InChI=1S/C15H21N3S/c1-2-12-7-10-19-14(12)11-18-9-8-16-15(18)17-13-5-3-4-6-13/h7-10,13H,2-6,11H2,1H3,(H,16,17). The Bertz CT molecular complexity index is 523. The number of rotatable bonds is 5. The Labute approximate surface area is 118 Å². The van der Waals surface area contributed by atoms with Gasteiger partial charge in [0.2, 0.25) is 5.95 Å². The van der Waals surface area contributed by atoms with Gasteiger partial charge in [-0.3, -0.25) is 0 Å². The first-order chi connectivity index (χ1) is 9.36. The molecule has 3 rings (SSSR count). The minimum atomic E-state index is 0.620. The molecule has 19 heavy (non-hydrogen) atoms. The summed E-state index contributed by atoms with van der Waals surface area (Å²) in [5, 5.41) is 5.79. The van der Waals surface area contributed by atoms with Crippen molar-refractivity contribution in [3.8, 4) is 0 Å². The molecule has 0 saturated heterocycles. The molecule has 0 amide bonds. The highest BCUT2D eigenvalue weighted by atomic mass is 32.1. The van der Waals surface area contributed by atoms with Crippen LogP contribution in [-0.4, -0.2) is 15.6 Å². The van der Waals surface area contributed by atoms with E-state index >= 15 is 0 Å². The molecule has 0 atom stereocenters. The van der Waals surface area contributed by atoms with Crippen LogP contribution >= 0.6 is 11.3 Å². The second kappa shape index (κ2) is 5.78. The quantitative estimate of drug-likeness (QED) is 0.896. The van der Waals surface area contributed by atoms with Gasteiger partial charge in [0.1, 0.15) is 0 Å². The number of imidazole rings is 1. The van der Waals surface area contributed by atoms with Crippen LogP contribution in [0.1, 0.15) is 43.0 Å². The maximum absolute atomic E-state index is 4.47. The Balaban J connectivity index is 1.72. The van der Waals surface area contributed by atoms with Crippen molar-refractivity contribution in [2.75, 3.05) is 5.32 Å². The molecule has 2 heterocycles. The second-order valence-corrected chi connectivity index (χ2v) is 6.23. The number of aryl methyl sites for hydroxylation is 1. The van der Waals surface area contributed by atoms with E-state index < -0.39 is 0 Å². The van der Waals surface area contributed by atoms with E-state index in [0.717, 1.165) is 18.9 Å². The van der Waals surface area contributed by atoms with Gasteiger partial charge in [-0.2, -0.15) is 0 Å². The maximum Gasteiger partial charge on any atom is 0.203 e. The molecule has 2 aromatic heterocycles. The predicted octanol–water partition coefficient (Wildman–Crippen LogP) is 3.91. The van der Waals surface area contributed by atoms with Crippen LogP contribution in [-0.2, 0) is 13.0 Å². The largest absolute Gasteiger partial charge is 0.353 e. The SMILES string of the molecule is CCc1ccsc1Cn1ccnc1NC1CCCC1. The molecule has 0 unspecified atom stereocenters. The van der Waals surface area contributed by atoms with Crippen molar-refractivity contribution in [2.24, 2.45) is 0 Å². The Morgan fingerprint density at radius 2 is 2.26 bits per heavy atom. The van der Waals surface area contributed by atoms with E-state index in [4.69, 9.17) is 0 Å². The van der Waals surface area contributed by atoms with Crippen molar-refractivity contribution < 1.29 is 0 Å². The van der Waals surface area contributed by atoms with Crippen LogP contribution in [0.5, 0.6) is 0 Å². The molecule has 1 saturated carbocycles. The fraction of sp³-hybridized carbons (Fsp3) is 0.533. The first kappa shape index (κ1) is 12.7. The smallest absolute Gasteiger partial charge is 0.203 e. The van der Waals surface area contributed by atoms with Crippen LogP contribution in [0, 0.1) is 0 Å². The van der Waals surface area contributed by atoms with Crippen molar-refractivity contribution in [1.29, 1.82) is 0 Å². The molecule has 0 radical (unpaired) electrons. The monoisotopic (exact) mass is 275 g/mol.